The SMILES string of the molecule is O=C(c1ccc(Oc2ncc(C(F)(F)F)cc2Cl)cc1)[C@H]1C[C@@H]1c1ccc(Cl)cc1. The molecular formula is C22H14Cl2F3NO2. The van der Waals surface area contributed by atoms with E-state index in [1.165, 1.54) is 0 Å². The summed E-state index contributed by atoms with van der Waals surface area (Å²) in [4.78, 5) is 16.3. The van der Waals surface area contributed by atoms with Crippen LogP contribution >= 0.6 is 23.2 Å². The fourth-order valence-electron chi connectivity index (χ4n) is 3.23. The minimum absolute atomic E-state index is 0.0344. The molecule has 0 unspecified atom stereocenters. The minimum atomic E-state index is -4.54. The highest BCUT2D eigenvalue weighted by Crippen LogP contribution is 2.49. The van der Waals surface area contributed by atoms with Gasteiger partial charge in [-0.25, -0.2) is 4.98 Å². The highest BCUT2D eigenvalue weighted by molar-refractivity contribution is 6.32. The lowest BCUT2D eigenvalue weighted by atomic mass is 10.0. The molecule has 1 aromatic heterocycles. The highest BCUT2D eigenvalue weighted by Gasteiger charge is 2.43. The number of aromatic nitrogens is 1. The first-order valence-electron chi connectivity index (χ1n) is 9.03. The van der Waals surface area contributed by atoms with Crippen LogP contribution in [0, 0.1) is 5.92 Å². The van der Waals surface area contributed by atoms with Crippen molar-refractivity contribution in [2.24, 2.45) is 5.92 Å². The molecule has 0 spiro atoms. The van der Waals surface area contributed by atoms with Gasteiger partial charge in [-0.05, 0) is 60.4 Å². The minimum Gasteiger partial charge on any atom is -0.438 e. The molecule has 154 valence electrons. The lowest BCUT2D eigenvalue weighted by molar-refractivity contribution is -0.137. The van der Waals surface area contributed by atoms with Crippen molar-refractivity contribution in [3.8, 4) is 11.6 Å². The molecule has 1 heterocycles. The second kappa shape index (κ2) is 7.93. The van der Waals surface area contributed by atoms with Crippen molar-refractivity contribution in [1.29, 1.82) is 0 Å². The number of ketones is 1. The van der Waals surface area contributed by atoms with Crippen molar-refractivity contribution in [1.82, 2.24) is 4.98 Å². The number of pyridine rings is 1. The van der Waals surface area contributed by atoms with Crippen molar-refractivity contribution in [3.05, 3.63) is 87.5 Å². The molecule has 1 saturated carbocycles. The van der Waals surface area contributed by atoms with Crippen LogP contribution in [-0.4, -0.2) is 10.8 Å². The number of alkyl halides is 3. The van der Waals surface area contributed by atoms with Gasteiger partial charge in [-0.1, -0.05) is 35.3 Å². The zero-order chi connectivity index (χ0) is 21.5. The van der Waals surface area contributed by atoms with E-state index in [2.05, 4.69) is 4.98 Å². The Morgan fingerprint density at radius 2 is 1.70 bits per heavy atom. The first kappa shape index (κ1) is 20.7. The van der Waals surface area contributed by atoms with Crippen molar-refractivity contribution >= 4 is 29.0 Å². The summed E-state index contributed by atoms with van der Waals surface area (Å²) < 4.78 is 43.5. The number of carbonyl (C=O) groups is 1. The number of benzene rings is 2. The maximum atomic E-state index is 12.7. The molecule has 2 aromatic carbocycles. The smallest absolute Gasteiger partial charge is 0.417 e. The van der Waals surface area contributed by atoms with Gasteiger partial charge in [-0.3, -0.25) is 4.79 Å². The van der Waals surface area contributed by atoms with Gasteiger partial charge in [0.05, 0.1) is 5.56 Å². The number of nitrogens with zero attached hydrogens (tertiary/aromatic N) is 1. The molecule has 0 N–H and O–H groups in total. The molecule has 0 saturated heterocycles. The normalized spacial score (nSPS) is 18.2. The average Bonchev–Trinajstić information content (AvgIpc) is 3.50. The largest absolute Gasteiger partial charge is 0.438 e. The number of hydrogen-bond donors (Lipinski definition) is 0. The van der Waals surface area contributed by atoms with Gasteiger partial charge < -0.3 is 4.74 Å². The molecule has 3 nitrogen and oxygen atoms in total. The fourth-order valence-corrected chi connectivity index (χ4v) is 3.56. The molecule has 2 atom stereocenters. The fraction of sp³-hybridized carbons (Fsp3) is 0.182. The third-order valence-corrected chi connectivity index (χ3v) is 5.44. The molecule has 8 heteroatoms. The van der Waals surface area contributed by atoms with Crippen LogP contribution in [0.1, 0.15) is 33.8 Å². The Morgan fingerprint density at radius 1 is 1.03 bits per heavy atom. The lowest BCUT2D eigenvalue weighted by Crippen LogP contribution is -2.06. The maximum absolute atomic E-state index is 12.7. The molecule has 3 aromatic rings. The molecule has 1 fully saturated rings. The molecule has 0 amide bonds. The molecule has 4 rings (SSSR count). The highest BCUT2D eigenvalue weighted by atomic mass is 35.5. The predicted molar refractivity (Wildman–Crippen MR) is 107 cm³/mol. The summed E-state index contributed by atoms with van der Waals surface area (Å²) in [5, 5.41) is 0.397. The Bertz CT molecular complexity index is 1080. The van der Waals surface area contributed by atoms with Gasteiger partial charge in [0.25, 0.3) is 0 Å². The Balaban J connectivity index is 1.42. The second-order valence-corrected chi connectivity index (χ2v) is 7.84. The van der Waals surface area contributed by atoms with Crippen molar-refractivity contribution < 1.29 is 22.7 Å². The summed E-state index contributed by atoms with van der Waals surface area (Å²) in [7, 11) is 0. The van der Waals surface area contributed by atoms with Crippen LogP contribution in [0.2, 0.25) is 10.0 Å². The standard InChI is InChI=1S/C22H14Cl2F3NO2/c23-15-5-1-12(2-6-15)17-10-18(17)20(29)13-3-7-16(8-4-13)30-21-19(24)9-14(11-28-21)22(25,26)27/h1-9,11,17-18H,10H2/t17-,18+/m1/s1. The van der Waals surface area contributed by atoms with E-state index in [4.69, 9.17) is 27.9 Å². The topological polar surface area (TPSA) is 39.2 Å². The van der Waals surface area contributed by atoms with Crippen molar-refractivity contribution in [3.63, 3.8) is 0 Å². The number of hydrogen-bond acceptors (Lipinski definition) is 3. The lowest BCUT2D eigenvalue weighted by Gasteiger charge is -2.10. The molecule has 0 aliphatic heterocycles. The Labute approximate surface area is 180 Å². The number of carbonyl (C=O) groups excluding carboxylic acids is 1. The summed E-state index contributed by atoms with van der Waals surface area (Å²) >= 11 is 11.8. The van der Waals surface area contributed by atoms with Crippen LogP contribution in [-0.2, 0) is 6.18 Å². The van der Waals surface area contributed by atoms with Gasteiger partial charge in [0.2, 0.25) is 5.88 Å². The van der Waals surface area contributed by atoms with E-state index < -0.39 is 11.7 Å². The van der Waals surface area contributed by atoms with E-state index in [-0.39, 0.29) is 28.5 Å². The predicted octanol–water partition coefficient (Wildman–Crippen LogP) is 7.19. The molecule has 1 aliphatic rings. The summed E-state index contributed by atoms with van der Waals surface area (Å²) in [5.74, 6) is 0.302. The summed E-state index contributed by atoms with van der Waals surface area (Å²) in [6.45, 7) is 0. The van der Waals surface area contributed by atoms with E-state index in [0.717, 1.165) is 18.1 Å². The first-order chi connectivity index (χ1) is 14.2. The zero-order valence-corrected chi connectivity index (χ0v) is 16.8. The quantitative estimate of drug-likeness (QED) is 0.385. The van der Waals surface area contributed by atoms with Gasteiger partial charge in [-0.2, -0.15) is 13.2 Å². The van der Waals surface area contributed by atoms with E-state index in [1.807, 2.05) is 24.3 Å². The third-order valence-electron chi connectivity index (χ3n) is 4.91. The van der Waals surface area contributed by atoms with Crippen molar-refractivity contribution in [2.45, 2.75) is 18.5 Å². The van der Waals surface area contributed by atoms with Crippen LogP contribution in [0.15, 0.2) is 60.8 Å². The molecular weight excluding hydrogens is 438 g/mol. The zero-order valence-electron chi connectivity index (χ0n) is 15.3. The molecule has 0 radical (unpaired) electrons. The number of rotatable bonds is 5. The third kappa shape index (κ3) is 4.45. The van der Waals surface area contributed by atoms with Gasteiger partial charge in [0.15, 0.2) is 5.78 Å². The van der Waals surface area contributed by atoms with Crippen LogP contribution in [0.4, 0.5) is 13.2 Å². The Morgan fingerprint density at radius 3 is 2.30 bits per heavy atom. The second-order valence-electron chi connectivity index (χ2n) is 7.00. The Kier molecular flexibility index (Phi) is 5.47. The van der Waals surface area contributed by atoms with E-state index in [0.29, 0.717) is 22.5 Å². The molecule has 1 aliphatic carbocycles. The van der Waals surface area contributed by atoms with Crippen molar-refractivity contribution in [2.75, 3.05) is 0 Å². The van der Waals surface area contributed by atoms with E-state index in [9.17, 15) is 18.0 Å². The number of ether oxygens (including phenoxy) is 1. The first-order valence-corrected chi connectivity index (χ1v) is 9.78. The number of Topliss-reactive ketones (excluding diaryl/α,β-unsaturated/α-hetero) is 1. The van der Waals surface area contributed by atoms with E-state index >= 15 is 0 Å². The van der Waals surface area contributed by atoms with Gasteiger partial charge in [-0.15, -0.1) is 0 Å². The van der Waals surface area contributed by atoms with Crippen LogP contribution in [0.3, 0.4) is 0 Å². The van der Waals surface area contributed by atoms with Gasteiger partial charge >= 0.3 is 6.18 Å². The number of halogens is 5. The Hall–Kier alpha value is -2.57. The maximum Gasteiger partial charge on any atom is 0.417 e. The monoisotopic (exact) mass is 451 g/mol. The summed E-state index contributed by atoms with van der Waals surface area (Å²) in [6.07, 6.45) is -3.10. The summed E-state index contributed by atoms with van der Waals surface area (Å²) in [5.41, 5.74) is 0.663. The van der Waals surface area contributed by atoms with Crippen LogP contribution in [0.5, 0.6) is 11.6 Å². The van der Waals surface area contributed by atoms with E-state index in [1.54, 1.807) is 24.3 Å². The van der Waals surface area contributed by atoms with Crippen LogP contribution in [0.25, 0.3) is 0 Å². The van der Waals surface area contributed by atoms with Gasteiger partial charge in [0.1, 0.15) is 10.8 Å². The van der Waals surface area contributed by atoms with Crippen LogP contribution < -0.4 is 4.74 Å². The molecule has 0 bridgehead atoms. The average molecular weight is 452 g/mol. The molecule has 30 heavy (non-hydrogen) atoms. The van der Waals surface area contributed by atoms with Gasteiger partial charge in [0, 0.05) is 22.7 Å². The summed E-state index contributed by atoms with van der Waals surface area (Å²) in [6, 6.07) is 14.6.